The van der Waals surface area contributed by atoms with E-state index < -0.39 is 6.03 Å². The van der Waals surface area contributed by atoms with E-state index in [0.29, 0.717) is 0 Å². The fourth-order valence-electron chi connectivity index (χ4n) is 0.238. The average molecular weight is 144 g/mol. The maximum absolute atomic E-state index is 10.4. The summed E-state index contributed by atoms with van der Waals surface area (Å²) in [5, 5.41) is 5.35. The lowest BCUT2D eigenvalue weighted by Gasteiger charge is -2.08. The minimum atomic E-state index is -0.523. The smallest absolute Gasteiger partial charge is 0.319 e. The van der Waals surface area contributed by atoms with Crippen molar-refractivity contribution in [3.63, 3.8) is 0 Å². The van der Waals surface area contributed by atoms with Gasteiger partial charge in [-0.15, -0.1) is 0 Å². The number of urea groups is 1. The van der Waals surface area contributed by atoms with E-state index in [9.17, 15) is 4.79 Å². The van der Waals surface area contributed by atoms with E-state index in [-0.39, 0.29) is 0 Å². The molecule has 0 unspecified atom stereocenters. The summed E-state index contributed by atoms with van der Waals surface area (Å²) in [5.41, 5.74) is 4.90. The van der Waals surface area contributed by atoms with Crippen LogP contribution in [0.4, 0.5) is 4.79 Å². The minimum Gasteiger partial charge on any atom is -0.351 e. The highest BCUT2D eigenvalue weighted by Crippen LogP contribution is 1.77. The van der Waals surface area contributed by atoms with Crippen LogP contribution in [0.3, 0.4) is 0 Å². The lowest BCUT2D eigenvalue weighted by atomic mass is 10.8. The van der Waals surface area contributed by atoms with Crippen LogP contribution in [0.2, 0.25) is 0 Å². The summed E-state index contributed by atoms with van der Waals surface area (Å²) in [4.78, 5) is 11.5. The van der Waals surface area contributed by atoms with Gasteiger partial charge in [0, 0.05) is 21.1 Å². The molecular formula is C5H12N4O. The van der Waals surface area contributed by atoms with E-state index >= 15 is 0 Å². The predicted octanol–water partition coefficient (Wildman–Crippen LogP) is -0.498. The molecule has 5 heteroatoms. The fraction of sp³-hybridized carbons (Fsp3) is 0.600. The molecule has 0 radical (unpaired) electrons. The molecule has 0 rings (SSSR count). The quantitative estimate of drug-likeness (QED) is 0.322. The van der Waals surface area contributed by atoms with Gasteiger partial charge < -0.3 is 10.7 Å². The molecule has 0 fully saturated rings. The number of hydrogen-bond acceptors (Lipinski definition) is 3. The Labute approximate surface area is 60.1 Å². The lowest BCUT2D eigenvalue weighted by molar-refractivity contribution is 0.236. The van der Waals surface area contributed by atoms with Crippen molar-refractivity contribution in [1.29, 1.82) is 0 Å². The van der Waals surface area contributed by atoms with Crippen LogP contribution in [0, 0.1) is 0 Å². The molecule has 0 aromatic carbocycles. The van der Waals surface area contributed by atoms with Crippen molar-refractivity contribution in [3.8, 4) is 0 Å². The zero-order valence-corrected chi connectivity index (χ0v) is 6.40. The number of primary amides is 1. The van der Waals surface area contributed by atoms with Crippen molar-refractivity contribution < 1.29 is 4.79 Å². The van der Waals surface area contributed by atoms with E-state index in [4.69, 9.17) is 5.73 Å². The molecule has 5 nitrogen and oxygen atoms in total. The molecule has 58 valence electrons. The second-order valence-corrected chi connectivity index (χ2v) is 2.03. The van der Waals surface area contributed by atoms with Gasteiger partial charge in [0.15, 0.2) is 0 Å². The Bertz CT molecular complexity index is 143. The van der Waals surface area contributed by atoms with Gasteiger partial charge in [0.25, 0.3) is 0 Å². The summed E-state index contributed by atoms with van der Waals surface area (Å²) < 4.78 is 0. The normalized spacial score (nSPS) is 9.90. The van der Waals surface area contributed by atoms with E-state index in [1.54, 1.807) is 19.1 Å². The molecule has 0 aromatic heterocycles. The summed E-state index contributed by atoms with van der Waals surface area (Å²) in [5.74, 6) is 0. The molecule has 0 spiro atoms. The Balaban J connectivity index is 3.77. The lowest BCUT2D eigenvalue weighted by Crippen LogP contribution is -2.31. The van der Waals surface area contributed by atoms with Gasteiger partial charge >= 0.3 is 6.03 Å². The first-order chi connectivity index (χ1) is 4.54. The molecule has 0 atom stereocenters. The fourth-order valence-corrected chi connectivity index (χ4v) is 0.238. The van der Waals surface area contributed by atoms with Crippen molar-refractivity contribution >= 4 is 12.4 Å². The van der Waals surface area contributed by atoms with Crippen LogP contribution in [0.1, 0.15) is 0 Å². The summed E-state index contributed by atoms with van der Waals surface area (Å²) in [6, 6.07) is -0.523. The maximum Gasteiger partial charge on any atom is 0.319 e. The number of rotatable bonds is 2. The Morgan fingerprint density at radius 3 is 2.30 bits per heavy atom. The standard InChI is InChI=1S/C5H12N4O/c1-8(2)7-4-9(3)5(6)10/h4H,1-3H3,(H2,6,10)/b7-4+. The van der Waals surface area contributed by atoms with Crippen LogP contribution in [0.15, 0.2) is 5.10 Å². The van der Waals surface area contributed by atoms with Gasteiger partial charge in [-0.3, -0.25) is 4.90 Å². The Morgan fingerprint density at radius 1 is 1.50 bits per heavy atom. The monoisotopic (exact) mass is 144 g/mol. The minimum absolute atomic E-state index is 0.523. The van der Waals surface area contributed by atoms with Gasteiger partial charge in [0.1, 0.15) is 6.34 Å². The molecule has 0 aliphatic heterocycles. The second kappa shape index (κ2) is 3.71. The molecule has 2 amide bonds. The molecule has 0 aliphatic rings. The molecule has 0 aromatic rings. The number of nitrogens with two attached hydrogens (primary N) is 1. The highest BCUT2D eigenvalue weighted by molar-refractivity contribution is 5.84. The molecule has 10 heavy (non-hydrogen) atoms. The molecule has 0 heterocycles. The Hall–Kier alpha value is -1.26. The molecule has 0 aliphatic carbocycles. The van der Waals surface area contributed by atoms with Crippen molar-refractivity contribution in [2.24, 2.45) is 10.8 Å². The Morgan fingerprint density at radius 2 is 2.00 bits per heavy atom. The Kier molecular flexibility index (Phi) is 3.24. The number of hydrazone groups is 1. The first-order valence-electron chi connectivity index (χ1n) is 2.77. The third-order valence-electron chi connectivity index (χ3n) is 0.803. The number of amides is 2. The van der Waals surface area contributed by atoms with Crippen LogP contribution >= 0.6 is 0 Å². The maximum atomic E-state index is 10.4. The zero-order valence-electron chi connectivity index (χ0n) is 6.40. The number of nitrogens with zero attached hydrogens (tertiary/aromatic N) is 3. The van der Waals surface area contributed by atoms with Crippen LogP contribution in [-0.2, 0) is 0 Å². The third kappa shape index (κ3) is 3.71. The summed E-state index contributed by atoms with van der Waals surface area (Å²) in [6.07, 6.45) is 1.35. The molecular weight excluding hydrogens is 132 g/mol. The van der Waals surface area contributed by atoms with Gasteiger partial charge in [0.05, 0.1) is 0 Å². The molecule has 0 bridgehead atoms. The third-order valence-corrected chi connectivity index (χ3v) is 0.803. The van der Waals surface area contributed by atoms with Crippen molar-refractivity contribution in [2.45, 2.75) is 0 Å². The zero-order chi connectivity index (χ0) is 8.15. The number of carbonyl (C=O) groups excluding carboxylic acids is 1. The van der Waals surface area contributed by atoms with Crippen LogP contribution in [0.5, 0.6) is 0 Å². The highest BCUT2D eigenvalue weighted by Gasteiger charge is 1.96. The van der Waals surface area contributed by atoms with Crippen molar-refractivity contribution in [1.82, 2.24) is 9.91 Å². The van der Waals surface area contributed by atoms with Gasteiger partial charge in [0.2, 0.25) is 0 Å². The van der Waals surface area contributed by atoms with Crippen molar-refractivity contribution in [3.05, 3.63) is 0 Å². The largest absolute Gasteiger partial charge is 0.351 e. The SMILES string of the molecule is CN(C)/N=C/N(C)C(N)=O. The van der Waals surface area contributed by atoms with E-state index in [0.717, 1.165) is 0 Å². The van der Waals surface area contributed by atoms with Gasteiger partial charge in [-0.05, 0) is 0 Å². The van der Waals surface area contributed by atoms with Gasteiger partial charge in [-0.25, -0.2) is 4.79 Å². The number of hydrogen-bond donors (Lipinski definition) is 1. The van der Waals surface area contributed by atoms with E-state index in [1.165, 1.54) is 18.3 Å². The number of carbonyl (C=O) groups is 1. The first-order valence-corrected chi connectivity index (χ1v) is 2.77. The highest BCUT2D eigenvalue weighted by atomic mass is 16.2. The van der Waals surface area contributed by atoms with E-state index in [1.807, 2.05) is 0 Å². The van der Waals surface area contributed by atoms with Crippen molar-refractivity contribution in [2.75, 3.05) is 21.1 Å². The van der Waals surface area contributed by atoms with Crippen LogP contribution in [-0.4, -0.2) is 43.4 Å². The molecule has 0 saturated heterocycles. The molecule has 2 N–H and O–H groups in total. The average Bonchev–Trinajstić information content (AvgIpc) is 1.82. The van der Waals surface area contributed by atoms with Gasteiger partial charge in [-0.1, -0.05) is 0 Å². The predicted molar refractivity (Wildman–Crippen MR) is 39.5 cm³/mol. The van der Waals surface area contributed by atoms with Gasteiger partial charge in [-0.2, -0.15) is 5.10 Å². The topological polar surface area (TPSA) is 61.9 Å². The molecule has 0 saturated carbocycles. The van der Waals surface area contributed by atoms with Crippen LogP contribution in [0.25, 0.3) is 0 Å². The van der Waals surface area contributed by atoms with Crippen LogP contribution < -0.4 is 5.73 Å². The summed E-state index contributed by atoms with van der Waals surface area (Å²) in [7, 11) is 5.05. The second-order valence-electron chi connectivity index (χ2n) is 2.03. The summed E-state index contributed by atoms with van der Waals surface area (Å²) >= 11 is 0. The summed E-state index contributed by atoms with van der Waals surface area (Å²) in [6.45, 7) is 0. The van der Waals surface area contributed by atoms with E-state index in [2.05, 4.69) is 5.10 Å². The first kappa shape index (κ1) is 8.74.